The molecule has 0 aliphatic carbocycles. The average molecular weight is 364 g/mol. The Balaban J connectivity index is 1.44. The van der Waals surface area contributed by atoms with E-state index >= 15 is 0 Å². The molecule has 134 valence electrons. The van der Waals surface area contributed by atoms with Crippen molar-refractivity contribution in [1.82, 2.24) is 20.1 Å². The molecule has 0 atom stereocenters. The second kappa shape index (κ2) is 8.02. The first-order chi connectivity index (χ1) is 12.2. The number of carbonyl (C=O) groups excluding carboxylic acids is 1. The van der Waals surface area contributed by atoms with Gasteiger partial charge in [-0.2, -0.15) is 5.10 Å². The van der Waals surface area contributed by atoms with Crippen LogP contribution in [-0.2, 0) is 17.8 Å². The van der Waals surface area contributed by atoms with Crippen molar-refractivity contribution in [3.05, 3.63) is 28.8 Å². The molecule has 0 unspecified atom stereocenters. The molecular weight excluding hydrogens is 344 g/mol. The summed E-state index contributed by atoms with van der Waals surface area (Å²) in [7, 11) is 0. The zero-order valence-electron chi connectivity index (χ0n) is 13.9. The van der Waals surface area contributed by atoms with E-state index < -0.39 is 0 Å². The van der Waals surface area contributed by atoms with Gasteiger partial charge in [-0.3, -0.25) is 14.5 Å². The van der Waals surface area contributed by atoms with Crippen LogP contribution in [0.5, 0.6) is 17.2 Å². The Morgan fingerprint density at radius 1 is 1.44 bits per heavy atom. The first-order valence-corrected chi connectivity index (χ1v) is 8.51. The van der Waals surface area contributed by atoms with Gasteiger partial charge in [0, 0.05) is 12.5 Å². The fraction of sp³-hybridized carbons (Fsp3) is 0.438. The van der Waals surface area contributed by atoms with Crippen LogP contribution in [0.3, 0.4) is 0 Å². The molecule has 1 aromatic heterocycles. The van der Waals surface area contributed by atoms with Crippen LogP contribution < -0.4 is 19.5 Å². The van der Waals surface area contributed by atoms with Crippen LogP contribution >= 0.6 is 12.2 Å². The van der Waals surface area contributed by atoms with E-state index in [2.05, 4.69) is 22.4 Å². The number of aromatic nitrogens is 3. The lowest BCUT2D eigenvalue weighted by molar-refractivity contribution is -0.121. The second-order valence-corrected chi connectivity index (χ2v) is 5.88. The number of nitrogens with one attached hydrogen (secondary N) is 2. The van der Waals surface area contributed by atoms with E-state index in [1.165, 1.54) is 0 Å². The minimum absolute atomic E-state index is 0.135. The number of aryl methyl sites for hydroxylation is 1. The molecule has 0 saturated heterocycles. The normalized spacial score (nSPS) is 12.2. The van der Waals surface area contributed by atoms with E-state index in [1.807, 2.05) is 0 Å². The summed E-state index contributed by atoms with van der Waals surface area (Å²) in [5, 5.41) is 9.68. The summed E-state index contributed by atoms with van der Waals surface area (Å²) >= 11 is 5.16. The molecular formula is C16H20N4O4S. The van der Waals surface area contributed by atoms with Gasteiger partial charge in [-0.25, -0.2) is 0 Å². The van der Waals surface area contributed by atoms with Crippen LogP contribution in [-0.4, -0.2) is 40.6 Å². The number of ether oxygens (including phenoxy) is 3. The van der Waals surface area contributed by atoms with E-state index in [1.54, 1.807) is 22.8 Å². The lowest BCUT2D eigenvalue weighted by Crippen LogP contribution is -2.31. The van der Waals surface area contributed by atoms with Gasteiger partial charge in [0.25, 0.3) is 0 Å². The van der Waals surface area contributed by atoms with E-state index in [9.17, 15) is 4.79 Å². The molecule has 0 fully saturated rings. The molecule has 1 aliphatic heterocycles. The summed E-state index contributed by atoms with van der Waals surface area (Å²) in [5.41, 5.74) is 0. The van der Waals surface area contributed by atoms with Crippen molar-refractivity contribution in [3.8, 4) is 17.2 Å². The van der Waals surface area contributed by atoms with E-state index in [0.717, 1.165) is 18.7 Å². The first-order valence-electron chi connectivity index (χ1n) is 8.10. The molecule has 2 heterocycles. The maximum Gasteiger partial charge on any atom is 0.240 e. The number of hydrogen-bond acceptors (Lipinski definition) is 6. The minimum atomic E-state index is -0.135. The molecule has 0 bridgehead atoms. The number of benzene rings is 1. The predicted octanol–water partition coefficient (Wildman–Crippen LogP) is 1.82. The van der Waals surface area contributed by atoms with Gasteiger partial charge >= 0.3 is 0 Å². The fourth-order valence-corrected chi connectivity index (χ4v) is 2.67. The maximum atomic E-state index is 12.1. The average Bonchev–Trinajstić information content (AvgIpc) is 3.20. The third-order valence-electron chi connectivity index (χ3n) is 3.65. The largest absolute Gasteiger partial charge is 0.492 e. The third kappa shape index (κ3) is 4.30. The van der Waals surface area contributed by atoms with Gasteiger partial charge in [-0.05, 0) is 30.8 Å². The van der Waals surface area contributed by atoms with Crippen LogP contribution in [0.4, 0.5) is 0 Å². The number of hydrogen-bond donors (Lipinski definition) is 2. The molecule has 1 aliphatic rings. The number of fused-ring (bicyclic) bond motifs is 1. The quantitative estimate of drug-likeness (QED) is 0.548. The van der Waals surface area contributed by atoms with Crippen molar-refractivity contribution < 1.29 is 19.0 Å². The zero-order valence-corrected chi connectivity index (χ0v) is 14.7. The lowest BCUT2D eigenvalue weighted by Gasteiger charge is -2.09. The van der Waals surface area contributed by atoms with Crippen LogP contribution in [0.2, 0.25) is 0 Å². The van der Waals surface area contributed by atoms with Crippen molar-refractivity contribution >= 4 is 18.1 Å². The summed E-state index contributed by atoms with van der Waals surface area (Å²) < 4.78 is 18.3. The number of carbonyl (C=O) groups is 1. The highest BCUT2D eigenvalue weighted by atomic mass is 32.1. The van der Waals surface area contributed by atoms with E-state index in [4.69, 9.17) is 26.4 Å². The van der Waals surface area contributed by atoms with Gasteiger partial charge < -0.3 is 19.5 Å². The van der Waals surface area contributed by atoms with Gasteiger partial charge in [-0.1, -0.05) is 6.92 Å². The standard InChI is InChI=1S/C16H20N4O4S/c1-2-3-14-18-19-16(25)20(14)9-15(21)17-6-7-22-11-4-5-12-13(8-11)24-10-23-12/h4-5,8H,2-3,6-7,9-10H2,1H3,(H,17,21)(H,19,25). The summed E-state index contributed by atoms with van der Waals surface area (Å²) in [6, 6.07) is 5.37. The molecule has 0 saturated carbocycles. The lowest BCUT2D eigenvalue weighted by atomic mass is 10.3. The highest BCUT2D eigenvalue weighted by Gasteiger charge is 2.14. The zero-order chi connectivity index (χ0) is 17.6. The van der Waals surface area contributed by atoms with Gasteiger partial charge in [0.1, 0.15) is 24.7 Å². The van der Waals surface area contributed by atoms with Gasteiger partial charge in [0.15, 0.2) is 16.3 Å². The second-order valence-electron chi connectivity index (χ2n) is 5.49. The van der Waals surface area contributed by atoms with Crippen LogP contribution in [0, 0.1) is 4.77 Å². The van der Waals surface area contributed by atoms with Crippen molar-refractivity contribution in [2.75, 3.05) is 19.9 Å². The molecule has 1 amide bonds. The fourth-order valence-electron chi connectivity index (χ4n) is 2.45. The maximum absolute atomic E-state index is 12.1. The molecule has 25 heavy (non-hydrogen) atoms. The smallest absolute Gasteiger partial charge is 0.240 e. The Kier molecular flexibility index (Phi) is 5.54. The van der Waals surface area contributed by atoms with Crippen molar-refractivity contribution in [2.24, 2.45) is 0 Å². The van der Waals surface area contributed by atoms with Crippen LogP contribution in [0.25, 0.3) is 0 Å². The van der Waals surface area contributed by atoms with E-state index in [-0.39, 0.29) is 19.2 Å². The molecule has 9 heteroatoms. The highest BCUT2D eigenvalue weighted by molar-refractivity contribution is 7.71. The number of nitrogens with zero attached hydrogens (tertiary/aromatic N) is 2. The molecule has 8 nitrogen and oxygen atoms in total. The predicted molar refractivity (Wildman–Crippen MR) is 92.5 cm³/mol. The monoisotopic (exact) mass is 364 g/mol. The third-order valence-corrected chi connectivity index (χ3v) is 3.96. The minimum Gasteiger partial charge on any atom is -0.492 e. The SMILES string of the molecule is CCCc1n[nH]c(=S)n1CC(=O)NCCOc1ccc2c(c1)OCO2. The van der Waals surface area contributed by atoms with Crippen LogP contribution in [0.1, 0.15) is 19.2 Å². The molecule has 0 radical (unpaired) electrons. The number of amides is 1. The van der Waals surface area contributed by atoms with Crippen LogP contribution in [0.15, 0.2) is 18.2 Å². The Labute approximate surface area is 150 Å². The van der Waals surface area contributed by atoms with Crippen molar-refractivity contribution in [1.29, 1.82) is 0 Å². The summed E-state index contributed by atoms with van der Waals surface area (Å²) in [6.07, 6.45) is 1.71. The number of aromatic amines is 1. The molecule has 1 aromatic carbocycles. The topological polar surface area (TPSA) is 90.4 Å². The molecule has 2 aromatic rings. The highest BCUT2D eigenvalue weighted by Crippen LogP contribution is 2.34. The van der Waals surface area contributed by atoms with E-state index in [0.29, 0.717) is 35.2 Å². The Bertz CT molecular complexity index is 802. The van der Waals surface area contributed by atoms with Gasteiger partial charge in [0.05, 0.1) is 6.54 Å². The summed E-state index contributed by atoms with van der Waals surface area (Å²) in [6.45, 7) is 3.17. The van der Waals surface area contributed by atoms with Crippen molar-refractivity contribution in [3.63, 3.8) is 0 Å². The van der Waals surface area contributed by atoms with Crippen molar-refractivity contribution in [2.45, 2.75) is 26.3 Å². The number of H-pyrrole nitrogens is 1. The Morgan fingerprint density at radius 2 is 2.28 bits per heavy atom. The van der Waals surface area contributed by atoms with Gasteiger partial charge in [0.2, 0.25) is 12.7 Å². The Hall–Kier alpha value is -2.55. The van der Waals surface area contributed by atoms with Gasteiger partial charge in [-0.15, -0.1) is 0 Å². The molecule has 2 N–H and O–H groups in total. The summed E-state index contributed by atoms with van der Waals surface area (Å²) in [5.74, 6) is 2.70. The Morgan fingerprint density at radius 3 is 3.12 bits per heavy atom. The molecule has 3 rings (SSSR count). The number of rotatable bonds is 8. The summed E-state index contributed by atoms with van der Waals surface area (Å²) in [4.78, 5) is 12.1. The first kappa shape index (κ1) is 17.3. The molecule has 0 spiro atoms.